The topological polar surface area (TPSA) is 40.5 Å². The molecule has 2 aromatic rings. The Morgan fingerprint density at radius 1 is 1.00 bits per heavy atom. The number of anilines is 1. The second-order valence-electron chi connectivity index (χ2n) is 8.35. The van der Waals surface area contributed by atoms with E-state index in [9.17, 15) is 4.79 Å². The van der Waals surface area contributed by atoms with Crippen LogP contribution >= 0.6 is 0 Å². The molecule has 0 radical (unpaired) electrons. The summed E-state index contributed by atoms with van der Waals surface area (Å²) in [5.74, 6) is 0.734. The van der Waals surface area contributed by atoms with Crippen LogP contribution < -0.4 is 4.90 Å². The lowest BCUT2D eigenvalue weighted by atomic mass is 9.70. The van der Waals surface area contributed by atoms with Crippen LogP contribution in [0.2, 0.25) is 0 Å². The predicted molar refractivity (Wildman–Crippen MR) is 110 cm³/mol. The summed E-state index contributed by atoms with van der Waals surface area (Å²) in [5.41, 5.74) is 5.34. The lowest BCUT2D eigenvalue weighted by molar-refractivity contribution is -0.146. The van der Waals surface area contributed by atoms with Crippen LogP contribution in [0.4, 0.5) is 5.69 Å². The highest BCUT2D eigenvalue weighted by Crippen LogP contribution is 2.41. The average molecular weight is 364 g/mol. The van der Waals surface area contributed by atoms with Crippen molar-refractivity contribution in [2.45, 2.75) is 39.0 Å². The summed E-state index contributed by atoms with van der Waals surface area (Å²) in [4.78, 5) is 13.5. The fourth-order valence-electron chi connectivity index (χ4n) is 4.91. The molecule has 0 unspecified atom stereocenters. The van der Waals surface area contributed by atoms with Gasteiger partial charge in [-0.05, 0) is 73.6 Å². The van der Waals surface area contributed by atoms with Crippen LogP contribution in [0.25, 0.3) is 11.1 Å². The van der Waals surface area contributed by atoms with Gasteiger partial charge in [0, 0.05) is 18.8 Å². The maximum Gasteiger partial charge on any atom is 0.306 e. The van der Waals surface area contributed by atoms with Crippen molar-refractivity contribution in [3.8, 4) is 11.1 Å². The minimum atomic E-state index is -0.602. The van der Waals surface area contributed by atoms with Crippen LogP contribution in [0.15, 0.2) is 48.5 Å². The van der Waals surface area contributed by atoms with Crippen molar-refractivity contribution in [2.75, 3.05) is 18.0 Å². The molecule has 3 nitrogen and oxygen atoms in total. The number of carboxylic acid groups (broad SMARTS) is 1. The summed E-state index contributed by atoms with van der Waals surface area (Å²) in [6.45, 7) is 4.46. The van der Waals surface area contributed by atoms with E-state index in [1.807, 2.05) is 0 Å². The first-order chi connectivity index (χ1) is 13.1. The van der Waals surface area contributed by atoms with Crippen LogP contribution in [0.1, 0.15) is 37.7 Å². The summed E-state index contributed by atoms with van der Waals surface area (Å²) < 4.78 is 0. The number of piperidine rings is 1. The summed E-state index contributed by atoms with van der Waals surface area (Å²) >= 11 is 0. The van der Waals surface area contributed by atoms with E-state index >= 15 is 0 Å². The molecule has 2 fully saturated rings. The minimum absolute atomic E-state index is 0.0709. The summed E-state index contributed by atoms with van der Waals surface area (Å²) in [5, 5.41) is 9.04. The van der Waals surface area contributed by atoms with E-state index in [1.165, 1.54) is 41.6 Å². The zero-order valence-corrected chi connectivity index (χ0v) is 16.1. The molecule has 0 amide bonds. The van der Waals surface area contributed by atoms with Crippen molar-refractivity contribution in [1.82, 2.24) is 0 Å². The smallest absolute Gasteiger partial charge is 0.306 e. The van der Waals surface area contributed by atoms with Crippen molar-refractivity contribution in [1.29, 1.82) is 0 Å². The summed E-state index contributed by atoms with van der Waals surface area (Å²) in [6.07, 6.45) is 5.47. The number of nitrogens with zero attached hydrogens (tertiary/aromatic N) is 1. The maximum absolute atomic E-state index is 11.0. The largest absolute Gasteiger partial charge is 0.481 e. The number of hydrogen-bond donors (Lipinski definition) is 1. The molecule has 3 heteroatoms. The third-order valence-corrected chi connectivity index (χ3v) is 6.60. The summed E-state index contributed by atoms with van der Waals surface area (Å²) in [7, 11) is 0. The Kier molecular flexibility index (Phi) is 5.20. The van der Waals surface area contributed by atoms with E-state index in [2.05, 4.69) is 60.4 Å². The maximum atomic E-state index is 11.0. The Balaban J connectivity index is 1.37. The standard InChI is InChI=1S/C24H29NO2/c1-17-22(20-6-3-2-4-7-20)8-5-9-23(17)25-12-10-18(11-13-25)14-19-15-21(16-19)24(26)27/h2-9,18-19,21H,10-16H2,1H3,(H,26,27). The van der Waals surface area contributed by atoms with E-state index in [1.54, 1.807) is 0 Å². The van der Waals surface area contributed by atoms with Gasteiger partial charge in [-0.15, -0.1) is 0 Å². The minimum Gasteiger partial charge on any atom is -0.481 e. The quantitative estimate of drug-likeness (QED) is 0.775. The third kappa shape index (κ3) is 3.87. The Labute approximate surface area is 162 Å². The molecule has 1 heterocycles. The molecule has 1 N–H and O–H groups in total. The molecule has 0 spiro atoms. The molecule has 2 aromatic carbocycles. The molecule has 4 rings (SSSR count). The molecule has 2 aliphatic rings. The van der Waals surface area contributed by atoms with Gasteiger partial charge in [0.1, 0.15) is 0 Å². The lowest BCUT2D eigenvalue weighted by Gasteiger charge is -2.39. The van der Waals surface area contributed by atoms with Crippen molar-refractivity contribution < 1.29 is 9.90 Å². The van der Waals surface area contributed by atoms with Gasteiger partial charge in [-0.3, -0.25) is 4.79 Å². The lowest BCUT2D eigenvalue weighted by Crippen LogP contribution is -2.37. The zero-order chi connectivity index (χ0) is 18.8. The number of carbonyl (C=O) groups is 1. The molecule has 0 bridgehead atoms. The molecule has 142 valence electrons. The van der Waals surface area contributed by atoms with E-state index in [0.29, 0.717) is 5.92 Å². The molecular formula is C24H29NO2. The van der Waals surface area contributed by atoms with Crippen molar-refractivity contribution >= 4 is 11.7 Å². The average Bonchev–Trinajstić information content (AvgIpc) is 2.65. The molecule has 0 aromatic heterocycles. The molecule has 27 heavy (non-hydrogen) atoms. The normalized spacial score (nSPS) is 23.1. The first-order valence-corrected chi connectivity index (χ1v) is 10.2. The number of benzene rings is 2. The fourth-order valence-corrected chi connectivity index (χ4v) is 4.91. The predicted octanol–water partition coefficient (Wildman–Crippen LogP) is 5.38. The van der Waals surface area contributed by atoms with Crippen molar-refractivity contribution in [3.63, 3.8) is 0 Å². The Morgan fingerprint density at radius 2 is 1.70 bits per heavy atom. The van der Waals surface area contributed by atoms with Gasteiger partial charge < -0.3 is 10.0 Å². The molecule has 1 saturated heterocycles. The second kappa shape index (κ2) is 7.75. The van der Waals surface area contributed by atoms with E-state index in [-0.39, 0.29) is 5.92 Å². The van der Waals surface area contributed by atoms with Crippen LogP contribution in [-0.4, -0.2) is 24.2 Å². The number of carboxylic acids is 1. The molecule has 1 aliphatic heterocycles. The zero-order valence-electron chi connectivity index (χ0n) is 16.1. The van der Waals surface area contributed by atoms with Crippen LogP contribution in [0.3, 0.4) is 0 Å². The van der Waals surface area contributed by atoms with Gasteiger partial charge in [-0.2, -0.15) is 0 Å². The van der Waals surface area contributed by atoms with Gasteiger partial charge in [0.15, 0.2) is 0 Å². The van der Waals surface area contributed by atoms with Crippen LogP contribution in [0.5, 0.6) is 0 Å². The van der Waals surface area contributed by atoms with Gasteiger partial charge in [0.25, 0.3) is 0 Å². The number of aliphatic carboxylic acids is 1. The van der Waals surface area contributed by atoms with E-state index in [4.69, 9.17) is 5.11 Å². The van der Waals surface area contributed by atoms with Crippen molar-refractivity contribution in [3.05, 3.63) is 54.1 Å². The van der Waals surface area contributed by atoms with Crippen molar-refractivity contribution in [2.24, 2.45) is 17.8 Å². The van der Waals surface area contributed by atoms with Gasteiger partial charge in [0.05, 0.1) is 5.92 Å². The van der Waals surface area contributed by atoms with E-state index < -0.39 is 5.97 Å². The van der Waals surface area contributed by atoms with Gasteiger partial charge in [-0.1, -0.05) is 42.5 Å². The number of hydrogen-bond acceptors (Lipinski definition) is 2. The Bertz CT molecular complexity index is 787. The first kappa shape index (κ1) is 18.1. The molecule has 0 atom stereocenters. The van der Waals surface area contributed by atoms with Gasteiger partial charge in [0.2, 0.25) is 0 Å². The first-order valence-electron chi connectivity index (χ1n) is 10.2. The highest BCUT2D eigenvalue weighted by Gasteiger charge is 2.36. The SMILES string of the molecule is Cc1c(-c2ccccc2)cccc1N1CCC(CC2CC(C(=O)O)C2)CC1. The Hall–Kier alpha value is -2.29. The third-order valence-electron chi connectivity index (χ3n) is 6.60. The molecule has 1 saturated carbocycles. The highest BCUT2D eigenvalue weighted by atomic mass is 16.4. The van der Waals surface area contributed by atoms with Crippen LogP contribution in [-0.2, 0) is 4.79 Å². The number of rotatable bonds is 5. The van der Waals surface area contributed by atoms with Gasteiger partial charge >= 0.3 is 5.97 Å². The Morgan fingerprint density at radius 3 is 2.37 bits per heavy atom. The molecule has 1 aliphatic carbocycles. The van der Waals surface area contributed by atoms with Gasteiger partial charge in [-0.25, -0.2) is 0 Å². The highest BCUT2D eigenvalue weighted by molar-refractivity contribution is 5.74. The molecular weight excluding hydrogens is 334 g/mol. The van der Waals surface area contributed by atoms with Crippen LogP contribution in [0, 0.1) is 24.7 Å². The second-order valence-corrected chi connectivity index (χ2v) is 8.35. The monoisotopic (exact) mass is 363 g/mol. The summed E-state index contributed by atoms with van der Waals surface area (Å²) in [6, 6.07) is 17.3. The van der Waals surface area contributed by atoms with E-state index in [0.717, 1.165) is 31.8 Å². The fraction of sp³-hybridized carbons (Fsp3) is 0.458.